The third-order valence-corrected chi connectivity index (χ3v) is 1.94. The van der Waals surface area contributed by atoms with E-state index < -0.39 is 5.41 Å². The molecular weight excluding hydrogens is 153 g/mol. The van der Waals surface area contributed by atoms with E-state index in [1.165, 1.54) is 0 Å². The Morgan fingerprint density at radius 1 is 1.42 bits per heavy atom. The molecule has 0 saturated carbocycles. The fourth-order valence-corrected chi connectivity index (χ4v) is 0.937. The summed E-state index contributed by atoms with van der Waals surface area (Å²) in [6.45, 7) is 5.30. The van der Waals surface area contributed by atoms with Gasteiger partial charge < -0.3 is 0 Å². The first-order valence-electron chi connectivity index (χ1n) is 4.05. The highest BCUT2D eigenvalue weighted by Gasteiger charge is 2.21. The van der Waals surface area contributed by atoms with Crippen LogP contribution in [0, 0.1) is 6.92 Å². The van der Waals surface area contributed by atoms with Gasteiger partial charge >= 0.3 is 0 Å². The van der Waals surface area contributed by atoms with E-state index in [9.17, 15) is 4.39 Å². The van der Waals surface area contributed by atoms with Gasteiger partial charge in [0.2, 0.25) is 0 Å². The van der Waals surface area contributed by atoms with Gasteiger partial charge in [0.05, 0.1) is 0 Å². The second-order valence-electron chi connectivity index (χ2n) is 3.74. The summed E-state index contributed by atoms with van der Waals surface area (Å²) in [4.78, 5) is 4.18. The monoisotopic (exact) mass is 167 g/mol. The summed E-state index contributed by atoms with van der Waals surface area (Å²) in [5.41, 5.74) is 1.47. The number of aryl methyl sites for hydroxylation is 1. The first-order valence-corrected chi connectivity index (χ1v) is 4.05. The van der Waals surface area contributed by atoms with Crippen LogP contribution < -0.4 is 0 Å². The maximum absolute atomic E-state index is 12.5. The van der Waals surface area contributed by atoms with Crippen LogP contribution in [0.5, 0.6) is 0 Å². The molecule has 1 rings (SSSR count). The first kappa shape index (κ1) is 9.17. The molecule has 0 amide bonds. The molecule has 0 unspecified atom stereocenters. The molecule has 0 aliphatic heterocycles. The number of rotatable bonds is 2. The largest absolute Gasteiger partial charge is 0.260 e. The van der Waals surface area contributed by atoms with Crippen molar-refractivity contribution in [1.29, 1.82) is 0 Å². The smallest absolute Gasteiger partial charge is 0.100 e. The van der Waals surface area contributed by atoms with Crippen LogP contribution in [0.3, 0.4) is 0 Å². The highest BCUT2D eigenvalue weighted by atomic mass is 19.1. The molecule has 0 atom stereocenters. The van der Waals surface area contributed by atoms with Crippen molar-refractivity contribution in [3.8, 4) is 0 Å². The van der Waals surface area contributed by atoms with E-state index in [0.717, 1.165) is 11.3 Å². The first-order chi connectivity index (χ1) is 5.56. The molecule has 1 aromatic rings. The van der Waals surface area contributed by atoms with Crippen LogP contribution in [0.1, 0.15) is 25.1 Å². The molecule has 1 nitrogen and oxygen atoms in total. The molecule has 0 aliphatic rings. The number of nitrogens with zero attached hydrogens (tertiary/aromatic N) is 1. The fourth-order valence-electron chi connectivity index (χ4n) is 0.937. The Hall–Kier alpha value is -0.920. The Morgan fingerprint density at radius 3 is 2.50 bits per heavy atom. The molecule has 66 valence electrons. The Balaban J connectivity index is 2.96. The minimum atomic E-state index is -0.451. The molecule has 1 aromatic heterocycles. The second kappa shape index (κ2) is 3.21. The van der Waals surface area contributed by atoms with E-state index >= 15 is 0 Å². The van der Waals surface area contributed by atoms with Crippen LogP contribution in [-0.2, 0) is 5.41 Å². The Bertz CT molecular complexity index is 251. The second-order valence-corrected chi connectivity index (χ2v) is 3.74. The van der Waals surface area contributed by atoms with E-state index in [1.807, 2.05) is 32.9 Å². The zero-order chi connectivity index (χ0) is 9.19. The van der Waals surface area contributed by atoms with Crippen molar-refractivity contribution in [2.75, 3.05) is 6.67 Å². The maximum Gasteiger partial charge on any atom is 0.100 e. The summed E-state index contributed by atoms with van der Waals surface area (Å²) in [7, 11) is 0. The third-order valence-electron chi connectivity index (χ3n) is 1.94. The van der Waals surface area contributed by atoms with Crippen molar-refractivity contribution < 1.29 is 4.39 Å². The quantitative estimate of drug-likeness (QED) is 0.659. The number of halogens is 1. The molecule has 0 aromatic carbocycles. The van der Waals surface area contributed by atoms with E-state index in [0.29, 0.717) is 0 Å². The Kier molecular flexibility index (Phi) is 2.46. The van der Waals surface area contributed by atoms with Gasteiger partial charge in [-0.15, -0.1) is 0 Å². The molecule has 0 bridgehead atoms. The SMILES string of the molecule is Cc1ccc(C(C)(C)CF)nc1. The van der Waals surface area contributed by atoms with Crippen molar-refractivity contribution in [3.63, 3.8) is 0 Å². The lowest BCUT2D eigenvalue weighted by Crippen LogP contribution is -2.21. The van der Waals surface area contributed by atoms with Crippen molar-refractivity contribution in [3.05, 3.63) is 29.6 Å². The van der Waals surface area contributed by atoms with Crippen LogP contribution in [0.25, 0.3) is 0 Å². The predicted octanol–water partition coefficient (Wildman–Crippen LogP) is 2.64. The van der Waals surface area contributed by atoms with Crippen LogP contribution in [-0.4, -0.2) is 11.7 Å². The molecule has 0 fully saturated rings. The predicted molar refractivity (Wildman–Crippen MR) is 48.0 cm³/mol. The van der Waals surface area contributed by atoms with E-state index in [2.05, 4.69) is 4.98 Å². The highest BCUT2D eigenvalue weighted by Crippen LogP contribution is 2.21. The zero-order valence-corrected chi connectivity index (χ0v) is 7.76. The number of aromatic nitrogens is 1. The summed E-state index contributed by atoms with van der Waals surface area (Å²) in [5, 5.41) is 0. The van der Waals surface area contributed by atoms with Gasteiger partial charge in [-0.05, 0) is 18.6 Å². The van der Waals surface area contributed by atoms with E-state index in [1.54, 1.807) is 6.20 Å². The van der Waals surface area contributed by atoms with E-state index in [4.69, 9.17) is 0 Å². The molecule has 2 heteroatoms. The highest BCUT2D eigenvalue weighted by molar-refractivity contribution is 5.18. The van der Waals surface area contributed by atoms with Crippen molar-refractivity contribution >= 4 is 0 Å². The van der Waals surface area contributed by atoms with Crippen molar-refractivity contribution in [2.24, 2.45) is 0 Å². The zero-order valence-electron chi connectivity index (χ0n) is 7.76. The summed E-state index contributed by atoms with van der Waals surface area (Å²) in [6.07, 6.45) is 1.77. The molecule has 1 heterocycles. The average Bonchev–Trinajstić information content (AvgIpc) is 2.05. The van der Waals surface area contributed by atoms with Gasteiger partial charge in [-0.1, -0.05) is 19.9 Å². The molecule has 0 spiro atoms. The third kappa shape index (κ3) is 1.81. The molecular formula is C10H14FN. The molecule has 0 N–H and O–H groups in total. The van der Waals surface area contributed by atoms with Crippen molar-refractivity contribution in [1.82, 2.24) is 4.98 Å². The minimum Gasteiger partial charge on any atom is -0.260 e. The summed E-state index contributed by atoms with van der Waals surface area (Å²) < 4.78 is 12.5. The number of hydrogen-bond donors (Lipinski definition) is 0. The standard InChI is InChI=1S/C10H14FN/c1-8-4-5-9(12-6-8)10(2,3)7-11/h4-6H,7H2,1-3H3. The molecule has 0 radical (unpaired) electrons. The van der Waals surface area contributed by atoms with E-state index in [-0.39, 0.29) is 6.67 Å². The minimum absolute atomic E-state index is 0.372. The lowest BCUT2D eigenvalue weighted by Gasteiger charge is -2.19. The Labute approximate surface area is 72.6 Å². The summed E-state index contributed by atoms with van der Waals surface area (Å²) in [6, 6.07) is 3.84. The lowest BCUT2D eigenvalue weighted by molar-refractivity contribution is 0.344. The van der Waals surface area contributed by atoms with Gasteiger partial charge in [-0.2, -0.15) is 0 Å². The lowest BCUT2D eigenvalue weighted by atomic mass is 9.90. The molecule has 0 aliphatic carbocycles. The van der Waals surface area contributed by atoms with Crippen LogP contribution in [0.15, 0.2) is 18.3 Å². The van der Waals surface area contributed by atoms with Gasteiger partial charge in [-0.25, -0.2) is 0 Å². The van der Waals surface area contributed by atoms with Gasteiger partial charge in [0.25, 0.3) is 0 Å². The normalized spacial score (nSPS) is 11.7. The molecule has 12 heavy (non-hydrogen) atoms. The summed E-state index contributed by atoms with van der Waals surface area (Å²) >= 11 is 0. The average molecular weight is 167 g/mol. The van der Waals surface area contributed by atoms with Gasteiger partial charge in [0.1, 0.15) is 6.67 Å². The number of alkyl halides is 1. The maximum atomic E-state index is 12.5. The van der Waals surface area contributed by atoms with Gasteiger partial charge in [0, 0.05) is 17.3 Å². The van der Waals surface area contributed by atoms with Gasteiger partial charge in [-0.3, -0.25) is 9.37 Å². The fraction of sp³-hybridized carbons (Fsp3) is 0.500. The number of hydrogen-bond acceptors (Lipinski definition) is 1. The van der Waals surface area contributed by atoms with Crippen LogP contribution in [0.4, 0.5) is 4.39 Å². The van der Waals surface area contributed by atoms with Gasteiger partial charge in [0.15, 0.2) is 0 Å². The van der Waals surface area contributed by atoms with Crippen LogP contribution >= 0.6 is 0 Å². The van der Waals surface area contributed by atoms with Crippen molar-refractivity contribution in [2.45, 2.75) is 26.2 Å². The van der Waals surface area contributed by atoms with Crippen LogP contribution in [0.2, 0.25) is 0 Å². The summed E-state index contributed by atoms with van der Waals surface area (Å²) in [5.74, 6) is 0. The Morgan fingerprint density at radius 2 is 2.08 bits per heavy atom. The topological polar surface area (TPSA) is 12.9 Å². The molecule has 0 saturated heterocycles. The number of pyridine rings is 1.